The normalized spacial score (nSPS) is 10.7. The Bertz CT molecular complexity index is 1060. The van der Waals surface area contributed by atoms with Gasteiger partial charge < -0.3 is 9.88 Å². The molecule has 1 aromatic heterocycles. The number of aromatic nitrogens is 1. The van der Waals surface area contributed by atoms with Gasteiger partial charge in [-0.05, 0) is 30.3 Å². The smallest absolute Gasteiger partial charge is 0.257 e. The van der Waals surface area contributed by atoms with Crippen molar-refractivity contribution in [1.29, 1.82) is 0 Å². The van der Waals surface area contributed by atoms with Crippen LogP contribution in [0.15, 0.2) is 59.5 Å². The maximum absolute atomic E-state index is 13.9. The molecule has 2 aromatic carbocycles. The summed E-state index contributed by atoms with van der Waals surface area (Å²) in [7, 11) is 0. The maximum Gasteiger partial charge on any atom is 0.257 e. The van der Waals surface area contributed by atoms with E-state index in [1.54, 1.807) is 0 Å². The zero-order valence-corrected chi connectivity index (χ0v) is 14.4. The number of benzene rings is 2. The number of nitrogens with one attached hydrogen (secondary N) is 1. The molecular formula is C19H12ClF3N2O2. The molecule has 0 bridgehead atoms. The van der Waals surface area contributed by atoms with Gasteiger partial charge in [-0.15, -0.1) is 0 Å². The van der Waals surface area contributed by atoms with Gasteiger partial charge in [0.1, 0.15) is 17.5 Å². The van der Waals surface area contributed by atoms with Crippen LogP contribution in [0.4, 0.5) is 18.9 Å². The van der Waals surface area contributed by atoms with Crippen molar-refractivity contribution in [3.05, 3.63) is 98.7 Å². The summed E-state index contributed by atoms with van der Waals surface area (Å²) in [5.41, 5.74) is -0.552. The number of carbonyl (C=O) groups excluding carboxylic acids is 1. The molecule has 1 heterocycles. The number of hydrogen-bond donors (Lipinski definition) is 1. The van der Waals surface area contributed by atoms with Crippen molar-refractivity contribution in [2.75, 3.05) is 5.32 Å². The molecule has 0 saturated heterocycles. The molecule has 8 heteroatoms. The summed E-state index contributed by atoms with van der Waals surface area (Å²) >= 11 is 5.96. The lowest BCUT2D eigenvalue weighted by molar-refractivity contribution is 0.102. The van der Waals surface area contributed by atoms with Gasteiger partial charge in [-0.25, -0.2) is 13.2 Å². The third-order valence-corrected chi connectivity index (χ3v) is 4.17. The highest BCUT2D eigenvalue weighted by Crippen LogP contribution is 2.20. The Kier molecular flexibility index (Phi) is 5.32. The summed E-state index contributed by atoms with van der Waals surface area (Å²) in [6, 6.07) is 9.22. The molecule has 0 aliphatic carbocycles. The van der Waals surface area contributed by atoms with Crippen LogP contribution < -0.4 is 10.9 Å². The third kappa shape index (κ3) is 4.20. The molecule has 0 atom stereocenters. The van der Waals surface area contributed by atoms with E-state index in [2.05, 4.69) is 5.32 Å². The number of amides is 1. The molecule has 3 aromatic rings. The van der Waals surface area contributed by atoms with Crippen molar-refractivity contribution < 1.29 is 18.0 Å². The van der Waals surface area contributed by atoms with Crippen LogP contribution in [0.1, 0.15) is 15.9 Å². The van der Waals surface area contributed by atoms with Crippen LogP contribution >= 0.6 is 11.6 Å². The second-order valence-corrected chi connectivity index (χ2v) is 6.07. The molecule has 1 N–H and O–H groups in total. The molecule has 0 radical (unpaired) electrons. The lowest BCUT2D eigenvalue weighted by atomic mass is 10.2. The molecule has 0 fully saturated rings. The summed E-state index contributed by atoms with van der Waals surface area (Å²) in [5.74, 6) is -3.01. The van der Waals surface area contributed by atoms with Crippen molar-refractivity contribution in [3.63, 3.8) is 0 Å². The molecular weight excluding hydrogens is 381 g/mol. The van der Waals surface area contributed by atoms with Gasteiger partial charge >= 0.3 is 0 Å². The van der Waals surface area contributed by atoms with E-state index in [-0.39, 0.29) is 28.4 Å². The van der Waals surface area contributed by atoms with Crippen molar-refractivity contribution in [3.8, 4) is 0 Å². The molecule has 4 nitrogen and oxygen atoms in total. The van der Waals surface area contributed by atoms with Crippen LogP contribution in [0.2, 0.25) is 5.02 Å². The van der Waals surface area contributed by atoms with E-state index in [1.807, 2.05) is 0 Å². The standard InChI is InChI=1S/C19H12ClF3N2O2/c20-14-2-1-3-15(22)13(14)10-25-9-11(4-7-18(25)26)19(27)24-17-6-5-12(21)8-16(17)23/h1-9H,10H2,(H,24,27). The van der Waals surface area contributed by atoms with E-state index in [0.29, 0.717) is 6.07 Å². The average molecular weight is 393 g/mol. The minimum absolute atomic E-state index is 0.0331. The Labute approximate surface area is 156 Å². The first-order valence-corrected chi connectivity index (χ1v) is 8.13. The van der Waals surface area contributed by atoms with Crippen molar-refractivity contribution in [2.24, 2.45) is 0 Å². The molecule has 1 amide bonds. The summed E-state index contributed by atoms with van der Waals surface area (Å²) in [5, 5.41) is 2.43. The van der Waals surface area contributed by atoms with E-state index < -0.39 is 28.9 Å². The van der Waals surface area contributed by atoms with E-state index in [1.165, 1.54) is 30.5 Å². The molecule has 0 aliphatic rings. The van der Waals surface area contributed by atoms with Gasteiger partial charge in [0.15, 0.2) is 0 Å². The summed E-state index contributed by atoms with van der Waals surface area (Å²) in [6.07, 6.45) is 1.21. The maximum atomic E-state index is 13.9. The Morgan fingerprint density at radius 3 is 2.52 bits per heavy atom. The van der Waals surface area contributed by atoms with Crippen LogP contribution in [0.5, 0.6) is 0 Å². The number of nitrogens with zero attached hydrogens (tertiary/aromatic N) is 1. The number of pyridine rings is 1. The number of halogens is 4. The number of hydrogen-bond acceptors (Lipinski definition) is 2. The second-order valence-electron chi connectivity index (χ2n) is 5.66. The van der Waals surface area contributed by atoms with Crippen molar-refractivity contribution in [1.82, 2.24) is 4.57 Å². The van der Waals surface area contributed by atoms with Crippen LogP contribution in [0.3, 0.4) is 0 Å². The average Bonchev–Trinajstić information content (AvgIpc) is 2.62. The highest BCUT2D eigenvalue weighted by molar-refractivity contribution is 6.31. The fourth-order valence-corrected chi connectivity index (χ4v) is 2.65. The van der Waals surface area contributed by atoms with Gasteiger partial charge in [0.05, 0.1) is 17.8 Å². The molecule has 138 valence electrons. The number of rotatable bonds is 4. The predicted molar refractivity (Wildman–Crippen MR) is 95.5 cm³/mol. The minimum Gasteiger partial charge on any atom is -0.319 e. The summed E-state index contributed by atoms with van der Waals surface area (Å²) in [4.78, 5) is 24.3. The molecule has 3 rings (SSSR count). The SMILES string of the molecule is O=C(Nc1ccc(F)cc1F)c1ccc(=O)n(Cc2c(F)cccc2Cl)c1. The topological polar surface area (TPSA) is 51.1 Å². The molecule has 0 aliphatic heterocycles. The Morgan fingerprint density at radius 1 is 1.04 bits per heavy atom. The lowest BCUT2D eigenvalue weighted by Crippen LogP contribution is -2.23. The first-order valence-electron chi connectivity index (χ1n) is 7.75. The second kappa shape index (κ2) is 7.67. The predicted octanol–water partition coefficient (Wildman–Crippen LogP) is 4.22. The van der Waals surface area contributed by atoms with E-state index in [0.717, 1.165) is 22.8 Å². The van der Waals surface area contributed by atoms with Gasteiger partial charge in [-0.2, -0.15) is 0 Å². The molecule has 0 unspecified atom stereocenters. The third-order valence-electron chi connectivity index (χ3n) is 3.82. The van der Waals surface area contributed by atoms with Gasteiger partial charge in [0, 0.05) is 28.9 Å². The molecule has 27 heavy (non-hydrogen) atoms. The highest BCUT2D eigenvalue weighted by Gasteiger charge is 2.13. The Morgan fingerprint density at radius 2 is 1.81 bits per heavy atom. The zero-order chi connectivity index (χ0) is 19.6. The first-order chi connectivity index (χ1) is 12.8. The fourth-order valence-electron chi connectivity index (χ4n) is 2.43. The monoisotopic (exact) mass is 392 g/mol. The number of carbonyl (C=O) groups is 1. The molecule has 0 spiro atoms. The lowest BCUT2D eigenvalue weighted by Gasteiger charge is -2.11. The van der Waals surface area contributed by atoms with Gasteiger partial charge in [-0.3, -0.25) is 9.59 Å². The first kappa shape index (κ1) is 18.7. The van der Waals surface area contributed by atoms with Crippen LogP contribution in [-0.2, 0) is 6.54 Å². The fraction of sp³-hybridized carbons (Fsp3) is 0.0526. The number of anilines is 1. The van der Waals surface area contributed by atoms with Crippen LogP contribution in [0.25, 0.3) is 0 Å². The minimum atomic E-state index is -0.935. The van der Waals surface area contributed by atoms with E-state index in [4.69, 9.17) is 11.6 Å². The van der Waals surface area contributed by atoms with Crippen molar-refractivity contribution >= 4 is 23.2 Å². The quantitative estimate of drug-likeness (QED) is 0.722. The van der Waals surface area contributed by atoms with Crippen LogP contribution in [-0.4, -0.2) is 10.5 Å². The summed E-state index contributed by atoms with van der Waals surface area (Å²) in [6.45, 7) is -0.184. The van der Waals surface area contributed by atoms with Gasteiger partial charge in [-0.1, -0.05) is 17.7 Å². The Balaban J connectivity index is 1.88. The van der Waals surface area contributed by atoms with Gasteiger partial charge in [0.25, 0.3) is 11.5 Å². The van der Waals surface area contributed by atoms with E-state index in [9.17, 15) is 22.8 Å². The summed E-state index contributed by atoms with van der Waals surface area (Å²) < 4.78 is 41.7. The highest BCUT2D eigenvalue weighted by atomic mass is 35.5. The Hall–Kier alpha value is -3.06. The van der Waals surface area contributed by atoms with Crippen LogP contribution in [0, 0.1) is 17.5 Å². The zero-order valence-electron chi connectivity index (χ0n) is 13.7. The molecule has 0 saturated carbocycles. The van der Waals surface area contributed by atoms with Crippen molar-refractivity contribution in [2.45, 2.75) is 6.54 Å². The van der Waals surface area contributed by atoms with E-state index >= 15 is 0 Å². The largest absolute Gasteiger partial charge is 0.319 e. The van der Waals surface area contributed by atoms with Gasteiger partial charge in [0.2, 0.25) is 0 Å².